The van der Waals surface area contributed by atoms with E-state index < -0.39 is 5.41 Å². The summed E-state index contributed by atoms with van der Waals surface area (Å²) in [4.78, 5) is 15.8. The van der Waals surface area contributed by atoms with Crippen LogP contribution < -0.4 is 5.32 Å². The van der Waals surface area contributed by atoms with Crippen LogP contribution in [0, 0.1) is 16.7 Å². The van der Waals surface area contributed by atoms with Crippen molar-refractivity contribution in [2.24, 2.45) is 5.41 Å². The Bertz CT molecular complexity index is 424. The van der Waals surface area contributed by atoms with Gasteiger partial charge in [-0.2, -0.15) is 5.26 Å². The molecule has 1 atom stereocenters. The van der Waals surface area contributed by atoms with Crippen molar-refractivity contribution in [1.29, 1.82) is 5.26 Å². The fourth-order valence-electron chi connectivity index (χ4n) is 0.994. The number of hydrogen-bond acceptors (Lipinski definition) is 3. The van der Waals surface area contributed by atoms with Crippen molar-refractivity contribution >= 4 is 27.7 Å². The maximum atomic E-state index is 11.8. The highest BCUT2D eigenvalue weighted by Crippen LogP contribution is 2.22. The van der Waals surface area contributed by atoms with Gasteiger partial charge in [-0.1, -0.05) is 6.92 Å². The first-order valence-electron chi connectivity index (χ1n) is 4.86. The van der Waals surface area contributed by atoms with Gasteiger partial charge in [-0.15, -0.1) is 0 Å². The molecule has 0 aliphatic rings. The molecule has 0 aliphatic carbocycles. The predicted octanol–water partition coefficient (Wildman–Crippen LogP) is 2.72. The van der Waals surface area contributed by atoms with E-state index in [1.807, 2.05) is 6.07 Å². The number of halogens is 1. The number of pyridine rings is 1. The molecule has 1 heterocycles. The van der Waals surface area contributed by atoms with Crippen molar-refractivity contribution in [3.63, 3.8) is 0 Å². The molecule has 0 aliphatic heterocycles. The normalized spacial score (nSPS) is 13.6. The van der Waals surface area contributed by atoms with Gasteiger partial charge < -0.3 is 5.32 Å². The van der Waals surface area contributed by atoms with Gasteiger partial charge in [-0.3, -0.25) is 4.79 Å². The number of amides is 1. The van der Waals surface area contributed by atoms with Gasteiger partial charge >= 0.3 is 0 Å². The summed E-state index contributed by atoms with van der Waals surface area (Å²) in [5, 5.41) is 11.6. The van der Waals surface area contributed by atoms with Crippen molar-refractivity contribution in [1.82, 2.24) is 4.98 Å². The first kappa shape index (κ1) is 12.7. The van der Waals surface area contributed by atoms with Gasteiger partial charge in [0.1, 0.15) is 11.2 Å². The third-order valence-corrected chi connectivity index (χ3v) is 2.89. The molecule has 1 rings (SSSR count). The van der Waals surface area contributed by atoms with Gasteiger partial charge in [0.05, 0.1) is 6.07 Å². The number of nitriles is 1. The Morgan fingerprint density at radius 2 is 2.38 bits per heavy atom. The Morgan fingerprint density at radius 1 is 1.69 bits per heavy atom. The minimum atomic E-state index is -1.01. The highest BCUT2D eigenvalue weighted by atomic mass is 79.9. The lowest BCUT2D eigenvalue weighted by atomic mass is 9.88. The average Bonchev–Trinajstić information content (AvgIpc) is 2.31. The van der Waals surface area contributed by atoms with Crippen LogP contribution in [-0.2, 0) is 4.79 Å². The van der Waals surface area contributed by atoms with Crippen molar-refractivity contribution in [3.8, 4) is 6.07 Å². The molecule has 1 aromatic rings. The minimum absolute atomic E-state index is 0.327. The van der Waals surface area contributed by atoms with Crippen LogP contribution in [0.4, 0.5) is 5.82 Å². The molecule has 0 saturated carbocycles. The summed E-state index contributed by atoms with van der Waals surface area (Å²) in [6, 6.07) is 5.46. The lowest BCUT2D eigenvalue weighted by Gasteiger charge is -2.17. The van der Waals surface area contributed by atoms with Crippen molar-refractivity contribution < 1.29 is 4.79 Å². The van der Waals surface area contributed by atoms with Crippen LogP contribution in [0.15, 0.2) is 22.8 Å². The molecule has 0 aromatic carbocycles. The molecule has 1 unspecified atom stereocenters. The Morgan fingerprint density at radius 3 is 2.81 bits per heavy atom. The maximum Gasteiger partial charge on any atom is 0.245 e. The Balaban J connectivity index is 2.79. The smallest absolute Gasteiger partial charge is 0.245 e. The van der Waals surface area contributed by atoms with E-state index in [1.54, 1.807) is 32.2 Å². The van der Waals surface area contributed by atoms with E-state index in [4.69, 9.17) is 5.26 Å². The zero-order valence-corrected chi connectivity index (χ0v) is 10.7. The standard InChI is InChI=1S/C11H12BrN3O/c1-3-11(2,7-13)10(16)15-9-5-4-8(12)6-14-9/h4-6H,3H2,1-2H3,(H,14,15,16). The Hall–Kier alpha value is -1.41. The number of carbonyl (C=O) groups is 1. The van der Waals surface area contributed by atoms with E-state index in [-0.39, 0.29) is 5.91 Å². The maximum absolute atomic E-state index is 11.8. The zero-order valence-electron chi connectivity index (χ0n) is 9.12. The first-order chi connectivity index (χ1) is 7.51. The lowest BCUT2D eigenvalue weighted by molar-refractivity contribution is -0.122. The predicted molar refractivity (Wildman–Crippen MR) is 64.6 cm³/mol. The SMILES string of the molecule is CCC(C)(C#N)C(=O)Nc1ccc(Br)cn1. The summed E-state index contributed by atoms with van der Waals surface area (Å²) < 4.78 is 0.837. The topological polar surface area (TPSA) is 65.8 Å². The molecule has 1 aromatic heterocycles. The number of hydrogen-bond donors (Lipinski definition) is 1. The number of nitrogens with one attached hydrogen (secondary N) is 1. The van der Waals surface area contributed by atoms with Gasteiger partial charge in [-0.05, 0) is 41.4 Å². The summed E-state index contributed by atoms with van der Waals surface area (Å²) >= 11 is 3.25. The summed E-state index contributed by atoms with van der Waals surface area (Å²) in [5.41, 5.74) is -1.01. The average molecular weight is 282 g/mol. The van der Waals surface area contributed by atoms with Crippen molar-refractivity contribution in [3.05, 3.63) is 22.8 Å². The summed E-state index contributed by atoms with van der Waals surface area (Å²) in [6.45, 7) is 3.42. The second kappa shape index (κ2) is 5.08. The lowest BCUT2D eigenvalue weighted by Crippen LogP contribution is -2.31. The van der Waals surface area contributed by atoms with E-state index in [2.05, 4.69) is 26.2 Å². The Labute approximate surface area is 103 Å². The largest absolute Gasteiger partial charge is 0.309 e. The van der Waals surface area contributed by atoms with Crippen LogP contribution in [-0.4, -0.2) is 10.9 Å². The van der Waals surface area contributed by atoms with Crippen molar-refractivity contribution in [2.75, 3.05) is 5.32 Å². The molecule has 84 valence electrons. The zero-order chi connectivity index (χ0) is 12.2. The van der Waals surface area contributed by atoms with Crippen LogP contribution in [0.5, 0.6) is 0 Å². The molecular weight excluding hydrogens is 270 g/mol. The molecule has 0 fully saturated rings. The van der Waals surface area contributed by atoms with Gasteiger partial charge in [0.15, 0.2) is 0 Å². The van der Waals surface area contributed by atoms with Gasteiger partial charge in [0.2, 0.25) is 5.91 Å². The minimum Gasteiger partial charge on any atom is -0.309 e. The van der Waals surface area contributed by atoms with Crippen LogP contribution >= 0.6 is 15.9 Å². The van der Waals surface area contributed by atoms with E-state index >= 15 is 0 Å². The highest BCUT2D eigenvalue weighted by Gasteiger charge is 2.31. The fraction of sp³-hybridized carbons (Fsp3) is 0.364. The van der Waals surface area contributed by atoms with E-state index in [9.17, 15) is 4.79 Å². The molecule has 4 nitrogen and oxygen atoms in total. The summed E-state index contributed by atoms with van der Waals surface area (Å²) in [7, 11) is 0. The van der Waals surface area contributed by atoms with Crippen LogP contribution in [0.1, 0.15) is 20.3 Å². The second-order valence-electron chi connectivity index (χ2n) is 3.61. The van der Waals surface area contributed by atoms with Gasteiger partial charge in [-0.25, -0.2) is 4.98 Å². The summed E-state index contributed by atoms with van der Waals surface area (Å²) in [6.07, 6.45) is 2.05. The van der Waals surface area contributed by atoms with E-state index in [0.717, 1.165) is 4.47 Å². The molecular formula is C11H12BrN3O. The Kier molecular flexibility index (Phi) is 4.02. The number of anilines is 1. The molecule has 5 heteroatoms. The number of aromatic nitrogens is 1. The summed E-state index contributed by atoms with van der Waals surface area (Å²) in [5.74, 6) is 0.121. The molecule has 16 heavy (non-hydrogen) atoms. The monoisotopic (exact) mass is 281 g/mol. The second-order valence-corrected chi connectivity index (χ2v) is 4.53. The number of rotatable bonds is 3. The molecule has 0 bridgehead atoms. The van der Waals surface area contributed by atoms with Crippen molar-refractivity contribution in [2.45, 2.75) is 20.3 Å². The van der Waals surface area contributed by atoms with Gasteiger partial charge in [0.25, 0.3) is 0 Å². The van der Waals surface area contributed by atoms with Crippen LogP contribution in [0.3, 0.4) is 0 Å². The molecule has 0 spiro atoms. The third kappa shape index (κ3) is 2.80. The van der Waals surface area contributed by atoms with Gasteiger partial charge in [0, 0.05) is 10.7 Å². The van der Waals surface area contributed by atoms with E-state index in [1.165, 1.54) is 0 Å². The number of nitrogens with zero attached hydrogens (tertiary/aromatic N) is 2. The molecule has 1 N–H and O–H groups in total. The third-order valence-electron chi connectivity index (χ3n) is 2.42. The first-order valence-corrected chi connectivity index (χ1v) is 5.65. The number of carbonyl (C=O) groups excluding carboxylic acids is 1. The molecule has 1 amide bonds. The highest BCUT2D eigenvalue weighted by molar-refractivity contribution is 9.10. The molecule has 0 radical (unpaired) electrons. The fourth-order valence-corrected chi connectivity index (χ4v) is 1.23. The van der Waals surface area contributed by atoms with Crippen LogP contribution in [0.25, 0.3) is 0 Å². The van der Waals surface area contributed by atoms with E-state index in [0.29, 0.717) is 12.2 Å². The van der Waals surface area contributed by atoms with Crippen LogP contribution in [0.2, 0.25) is 0 Å². The quantitative estimate of drug-likeness (QED) is 0.926. The molecule has 0 saturated heterocycles.